The number of anilines is 1. The predicted octanol–water partition coefficient (Wildman–Crippen LogP) is 5.91. The molecule has 0 saturated carbocycles. The Morgan fingerprint density at radius 2 is 1.49 bits per heavy atom. The van der Waals surface area contributed by atoms with Crippen LogP contribution in [0, 0.1) is 0 Å². The smallest absolute Gasteiger partial charge is 0.264 e. The molecule has 0 bridgehead atoms. The highest BCUT2D eigenvalue weighted by atomic mass is 35.5. The summed E-state index contributed by atoms with van der Waals surface area (Å²) in [5.74, 6) is -0.860. The zero-order chi connectivity index (χ0) is 28.8. The monoisotopic (exact) mass is 589 g/mol. The Morgan fingerprint density at radius 1 is 0.897 bits per heavy atom. The van der Waals surface area contributed by atoms with Crippen LogP contribution in [0.2, 0.25) is 10.0 Å². The fourth-order valence-corrected chi connectivity index (χ4v) is 5.76. The van der Waals surface area contributed by atoms with Crippen molar-refractivity contribution in [3.05, 3.63) is 94.5 Å². The van der Waals surface area contributed by atoms with Crippen molar-refractivity contribution in [2.75, 3.05) is 10.8 Å². The van der Waals surface area contributed by atoms with E-state index >= 15 is 0 Å². The molecule has 39 heavy (non-hydrogen) atoms. The van der Waals surface area contributed by atoms with E-state index in [0.717, 1.165) is 9.87 Å². The molecule has 0 aliphatic heterocycles. The second-order valence-electron chi connectivity index (χ2n) is 10.1. The van der Waals surface area contributed by atoms with Gasteiger partial charge in [-0.15, -0.1) is 0 Å². The van der Waals surface area contributed by atoms with Gasteiger partial charge in [-0.05, 0) is 63.1 Å². The number of hydrogen-bond donors (Lipinski definition) is 1. The van der Waals surface area contributed by atoms with Gasteiger partial charge in [0.05, 0.1) is 20.6 Å². The lowest BCUT2D eigenvalue weighted by Crippen LogP contribution is -2.55. The Morgan fingerprint density at radius 3 is 2.03 bits per heavy atom. The van der Waals surface area contributed by atoms with Gasteiger partial charge in [0.15, 0.2) is 0 Å². The highest BCUT2D eigenvalue weighted by Gasteiger charge is 2.34. The maximum absolute atomic E-state index is 14.0. The Kier molecular flexibility index (Phi) is 10.0. The maximum Gasteiger partial charge on any atom is 0.264 e. The molecular weight excluding hydrogens is 557 g/mol. The zero-order valence-corrected chi connectivity index (χ0v) is 24.7. The highest BCUT2D eigenvalue weighted by Crippen LogP contribution is 2.31. The summed E-state index contributed by atoms with van der Waals surface area (Å²) in [4.78, 5) is 28.8. The molecule has 3 rings (SSSR count). The summed E-state index contributed by atoms with van der Waals surface area (Å²) in [5, 5.41) is 3.34. The molecule has 1 atom stereocenters. The first-order chi connectivity index (χ1) is 18.3. The van der Waals surface area contributed by atoms with Crippen molar-refractivity contribution in [3.63, 3.8) is 0 Å². The summed E-state index contributed by atoms with van der Waals surface area (Å²) in [6.07, 6.45) is 0.332. The Balaban J connectivity index is 2.07. The van der Waals surface area contributed by atoms with Gasteiger partial charge in [0.1, 0.15) is 12.6 Å². The summed E-state index contributed by atoms with van der Waals surface area (Å²) in [6, 6.07) is 20.6. The molecule has 0 saturated heterocycles. The number of nitrogens with zero attached hydrogens (tertiary/aromatic N) is 2. The number of rotatable bonds is 10. The van der Waals surface area contributed by atoms with Crippen molar-refractivity contribution in [2.45, 2.75) is 57.1 Å². The van der Waals surface area contributed by atoms with E-state index < -0.39 is 34.1 Å². The first-order valence-corrected chi connectivity index (χ1v) is 14.7. The SMILES string of the molecule is CC[C@H](C(=O)NC(C)(C)C)N(Cc1ccccc1)C(=O)CN(c1ccc(Cl)c(Cl)c1)S(=O)(=O)c1ccccc1. The van der Waals surface area contributed by atoms with Gasteiger partial charge in [-0.25, -0.2) is 8.42 Å². The molecule has 0 aliphatic carbocycles. The second-order valence-corrected chi connectivity index (χ2v) is 12.8. The summed E-state index contributed by atoms with van der Waals surface area (Å²) in [5.41, 5.74) is 0.461. The topological polar surface area (TPSA) is 86.8 Å². The largest absolute Gasteiger partial charge is 0.350 e. The Hall–Kier alpha value is -3.07. The van der Waals surface area contributed by atoms with Crippen molar-refractivity contribution in [2.24, 2.45) is 0 Å². The van der Waals surface area contributed by atoms with Crippen LogP contribution >= 0.6 is 23.2 Å². The standard InChI is InChI=1S/C29H33Cl2N3O4S/c1-5-26(28(36)32-29(2,3)4)33(19-21-12-8-6-9-13-21)27(35)20-34(22-16-17-24(30)25(31)18-22)39(37,38)23-14-10-7-11-15-23/h6-18,26H,5,19-20H2,1-4H3,(H,32,36)/t26-/m1/s1. The fraction of sp³-hybridized carbons (Fsp3) is 0.310. The first-order valence-electron chi connectivity index (χ1n) is 12.5. The van der Waals surface area contributed by atoms with Gasteiger partial charge in [0.25, 0.3) is 10.0 Å². The van der Waals surface area contributed by atoms with Gasteiger partial charge in [0.2, 0.25) is 11.8 Å². The van der Waals surface area contributed by atoms with Crippen LogP contribution in [0.4, 0.5) is 5.69 Å². The molecule has 0 unspecified atom stereocenters. The molecule has 0 heterocycles. The molecular formula is C29H33Cl2N3O4S. The number of carbonyl (C=O) groups excluding carboxylic acids is 2. The number of benzene rings is 3. The molecule has 1 N–H and O–H groups in total. The molecule has 3 aromatic rings. The summed E-state index contributed by atoms with van der Waals surface area (Å²) >= 11 is 12.3. The number of sulfonamides is 1. The molecule has 0 aromatic heterocycles. The second kappa shape index (κ2) is 12.9. The minimum Gasteiger partial charge on any atom is -0.350 e. The number of amides is 2. The molecule has 10 heteroatoms. The zero-order valence-electron chi connectivity index (χ0n) is 22.4. The lowest BCUT2D eigenvalue weighted by molar-refractivity contribution is -0.141. The molecule has 3 aromatic carbocycles. The van der Waals surface area contributed by atoms with Crippen LogP contribution in [0.25, 0.3) is 0 Å². The minimum absolute atomic E-state index is 0.0102. The van der Waals surface area contributed by atoms with Crippen molar-refractivity contribution in [3.8, 4) is 0 Å². The van der Waals surface area contributed by atoms with Crippen LogP contribution in [0.15, 0.2) is 83.8 Å². The van der Waals surface area contributed by atoms with Crippen LogP contribution in [0.5, 0.6) is 0 Å². The van der Waals surface area contributed by atoms with Crippen LogP contribution in [0.1, 0.15) is 39.7 Å². The number of hydrogen-bond acceptors (Lipinski definition) is 4. The van der Waals surface area contributed by atoms with Gasteiger partial charge >= 0.3 is 0 Å². The van der Waals surface area contributed by atoms with E-state index in [9.17, 15) is 18.0 Å². The highest BCUT2D eigenvalue weighted by molar-refractivity contribution is 7.92. The number of carbonyl (C=O) groups is 2. The Labute approximate surface area is 240 Å². The van der Waals surface area contributed by atoms with Crippen LogP contribution in [-0.2, 0) is 26.2 Å². The van der Waals surface area contributed by atoms with Crippen molar-refractivity contribution < 1.29 is 18.0 Å². The van der Waals surface area contributed by atoms with Crippen LogP contribution in [-0.4, -0.2) is 43.3 Å². The van der Waals surface area contributed by atoms with E-state index in [1.165, 1.54) is 35.2 Å². The minimum atomic E-state index is -4.18. The summed E-state index contributed by atoms with van der Waals surface area (Å²) in [6.45, 7) is 6.96. The van der Waals surface area contributed by atoms with Crippen LogP contribution < -0.4 is 9.62 Å². The molecule has 0 radical (unpaired) electrons. The molecule has 0 fully saturated rings. The Bertz CT molecular complexity index is 1400. The van der Waals surface area contributed by atoms with Crippen LogP contribution in [0.3, 0.4) is 0 Å². The molecule has 0 aliphatic rings. The molecule has 208 valence electrons. The van der Waals surface area contributed by atoms with Crippen molar-refractivity contribution >= 4 is 50.7 Å². The third kappa shape index (κ3) is 7.97. The van der Waals surface area contributed by atoms with E-state index in [1.807, 2.05) is 58.0 Å². The summed E-state index contributed by atoms with van der Waals surface area (Å²) in [7, 11) is -4.18. The van der Waals surface area contributed by atoms with E-state index in [-0.39, 0.29) is 33.1 Å². The maximum atomic E-state index is 14.0. The van der Waals surface area contributed by atoms with Crippen molar-refractivity contribution in [1.29, 1.82) is 0 Å². The normalized spacial score (nSPS) is 12.5. The molecule has 0 spiro atoms. The third-order valence-corrected chi connectivity index (χ3v) is 8.41. The first kappa shape index (κ1) is 30.5. The number of halogens is 2. The van der Waals surface area contributed by atoms with Gasteiger partial charge in [-0.2, -0.15) is 0 Å². The molecule has 2 amide bonds. The number of nitrogens with one attached hydrogen (secondary N) is 1. The van der Waals surface area contributed by atoms with E-state index in [2.05, 4.69) is 5.32 Å². The van der Waals surface area contributed by atoms with E-state index in [4.69, 9.17) is 23.2 Å². The van der Waals surface area contributed by atoms with Gasteiger partial charge in [-0.1, -0.05) is 78.7 Å². The fourth-order valence-electron chi connectivity index (χ4n) is 4.04. The quantitative estimate of drug-likeness (QED) is 0.318. The lowest BCUT2D eigenvalue weighted by Gasteiger charge is -2.34. The molecule has 7 nitrogen and oxygen atoms in total. The van der Waals surface area contributed by atoms with Gasteiger partial charge in [0, 0.05) is 12.1 Å². The lowest BCUT2D eigenvalue weighted by atomic mass is 10.1. The van der Waals surface area contributed by atoms with Crippen molar-refractivity contribution in [1.82, 2.24) is 10.2 Å². The average Bonchev–Trinajstić information content (AvgIpc) is 2.88. The summed E-state index contributed by atoms with van der Waals surface area (Å²) < 4.78 is 28.6. The van der Waals surface area contributed by atoms with Gasteiger partial charge < -0.3 is 10.2 Å². The average molecular weight is 591 g/mol. The third-order valence-electron chi connectivity index (χ3n) is 5.88. The van der Waals surface area contributed by atoms with Gasteiger partial charge in [-0.3, -0.25) is 13.9 Å². The predicted molar refractivity (Wildman–Crippen MR) is 156 cm³/mol. The van der Waals surface area contributed by atoms with E-state index in [0.29, 0.717) is 6.42 Å². The van der Waals surface area contributed by atoms with E-state index in [1.54, 1.807) is 18.2 Å².